The number of carbonyl (C=O) groups is 1. The van der Waals surface area contributed by atoms with Crippen LogP contribution in [0.15, 0.2) is 53.4 Å². The number of nitrogens with two attached hydrogens (primary N) is 1. The fourth-order valence-electron chi connectivity index (χ4n) is 2.54. The Morgan fingerprint density at radius 2 is 1.82 bits per heavy atom. The molecule has 0 saturated carbocycles. The molecule has 146 valence electrons. The van der Waals surface area contributed by atoms with E-state index in [0.717, 1.165) is 0 Å². The van der Waals surface area contributed by atoms with Crippen LogP contribution >= 0.6 is 0 Å². The predicted molar refractivity (Wildman–Crippen MR) is 100 cm³/mol. The number of fused-ring (bicyclic) bond motifs is 1. The first-order valence-electron chi connectivity index (χ1n) is 8.24. The number of pyridine rings is 1. The zero-order chi connectivity index (χ0) is 20.3. The molecule has 0 bridgehead atoms. The largest absolute Gasteiger partial charge is 0.490 e. The number of halogens is 1. The Morgan fingerprint density at radius 3 is 2.50 bits per heavy atom. The molecule has 0 aliphatic heterocycles. The summed E-state index contributed by atoms with van der Waals surface area (Å²) in [6.07, 6.45) is 0. The topological polar surface area (TPSA) is 109 Å². The summed E-state index contributed by atoms with van der Waals surface area (Å²) in [7, 11) is -3.76. The van der Waals surface area contributed by atoms with Crippen molar-refractivity contribution in [3.63, 3.8) is 0 Å². The van der Waals surface area contributed by atoms with Gasteiger partial charge in [0.1, 0.15) is 24.8 Å². The van der Waals surface area contributed by atoms with Gasteiger partial charge in [0, 0.05) is 11.5 Å². The normalized spacial score (nSPS) is 11.4. The van der Waals surface area contributed by atoms with E-state index in [0.29, 0.717) is 22.3 Å². The molecule has 0 aliphatic carbocycles. The molecule has 2 aromatic carbocycles. The summed E-state index contributed by atoms with van der Waals surface area (Å²) in [5, 5.41) is 5.65. The smallest absolute Gasteiger partial charge is 0.340 e. The van der Waals surface area contributed by atoms with Crippen LogP contribution in [0.5, 0.6) is 5.75 Å². The molecule has 2 N–H and O–H groups in total. The maximum atomic E-state index is 13.3. The summed E-state index contributed by atoms with van der Waals surface area (Å²) in [5.41, 5.74) is 1.18. The van der Waals surface area contributed by atoms with E-state index in [2.05, 4.69) is 4.98 Å². The first-order chi connectivity index (χ1) is 13.2. The molecule has 1 heterocycles. The number of hydrogen-bond donors (Lipinski definition) is 1. The predicted octanol–water partition coefficient (Wildman–Crippen LogP) is 2.57. The highest BCUT2D eigenvalue weighted by atomic mass is 32.2. The van der Waals surface area contributed by atoms with E-state index < -0.39 is 21.8 Å². The zero-order valence-corrected chi connectivity index (χ0v) is 15.7. The first kappa shape index (κ1) is 19.7. The highest BCUT2D eigenvalue weighted by Gasteiger charge is 2.14. The molecule has 9 heteroatoms. The van der Waals surface area contributed by atoms with E-state index in [1.807, 2.05) is 0 Å². The summed E-state index contributed by atoms with van der Waals surface area (Å²) in [6, 6.07) is 11.3. The van der Waals surface area contributed by atoms with Gasteiger partial charge >= 0.3 is 5.97 Å². The molecular weight excluding hydrogens is 387 g/mol. The Kier molecular flexibility index (Phi) is 5.57. The minimum absolute atomic E-state index is 0.0172. The average Bonchev–Trinajstić information content (AvgIpc) is 2.64. The van der Waals surface area contributed by atoms with Gasteiger partial charge in [0.2, 0.25) is 10.0 Å². The minimum Gasteiger partial charge on any atom is -0.490 e. The summed E-state index contributed by atoms with van der Waals surface area (Å²) in [6.45, 7) is 1.70. The van der Waals surface area contributed by atoms with Crippen LogP contribution in [0, 0.1) is 12.7 Å². The standard InChI is InChI=1S/C19H17FN2O5S/c1-12-17(10-13-2-3-14(20)11-18(13)22-12)19(23)27-9-8-26-15-4-6-16(7-5-15)28(21,24)25/h2-7,10-11H,8-9H2,1H3,(H2,21,24,25). The van der Waals surface area contributed by atoms with Crippen molar-refractivity contribution in [2.45, 2.75) is 11.8 Å². The second-order valence-electron chi connectivity index (χ2n) is 5.96. The maximum absolute atomic E-state index is 13.3. The lowest BCUT2D eigenvalue weighted by Crippen LogP contribution is -2.14. The second-order valence-corrected chi connectivity index (χ2v) is 7.52. The number of hydrogen-bond acceptors (Lipinski definition) is 6. The maximum Gasteiger partial charge on any atom is 0.340 e. The van der Waals surface area contributed by atoms with E-state index in [1.54, 1.807) is 19.1 Å². The van der Waals surface area contributed by atoms with Gasteiger partial charge in [-0.3, -0.25) is 4.98 Å². The van der Waals surface area contributed by atoms with Crippen molar-refractivity contribution in [3.05, 3.63) is 65.6 Å². The molecular formula is C19H17FN2O5S. The second kappa shape index (κ2) is 7.91. The van der Waals surface area contributed by atoms with Crippen LogP contribution in [0.1, 0.15) is 16.1 Å². The lowest BCUT2D eigenvalue weighted by atomic mass is 10.1. The molecule has 0 spiro atoms. The van der Waals surface area contributed by atoms with Gasteiger partial charge in [-0.25, -0.2) is 22.7 Å². The third-order valence-corrected chi connectivity index (χ3v) is 4.86. The third-order valence-electron chi connectivity index (χ3n) is 3.93. The molecule has 1 aromatic heterocycles. The Morgan fingerprint density at radius 1 is 1.11 bits per heavy atom. The SMILES string of the molecule is Cc1nc2cc(F)ccc2cc1C(=O)OCCOc1ccc(S(N)(=O)=O)cc1. The lowest BCUT2D eigenvalue weighted by molar-refractivity contribution is 0.0449. The molecule has 0 atom stereocenters. The quantitative estimate of drug-likeness (QED) is 0.500. The number of benzene rings is 2. The van der Waals surface area contributed by atoms with Crippen molar-refractivity contribution in [3.8, 4) is 5.75 Å². The van der Waals surface area contributed by atoms with Gasteiger partial charge in [-0.1, -0.05) is 0 Å². The Hall–Kier alpha value is -3.04. The molecule has 0 fully saturated rings. The van der Waals surface area contributed by atoms with Gasteiger partial charge in [0.15, 0.2) is 0 Å². The number of ether oxygens (including phenoxy) is 2. The first-order valence-corrected chi connectivity index (χ1v) is 9.78. The molecule has 0 amide bonds. The number of aryl methyl sites for hydroxylation is 1. The number of carbonyl (C=O) groups excluding carboxylic acids is 1. The van der Waals surface area contributed by atoms with Crippen molar-refractivity contribution >= 4 is 26.9 Å². The number of sulfonamides is 1. The van der Waals surface area contributed by atoms with Gasteiger partial charge < -0.3 is 9.47 Å². The summed E-state index contributed by atoms with van der Waals surface area (Å²) in [4.78, 5) is 16.5. The highest BCUT2D eigenvalue weighted by molar-refractivity contribution is 7.89. The van der Waals surface area contributed by atoms with Gasteiger partial charge in [-0.2, -0.15) is 0 Å². The van der Waals surface area contributed by atoms with Crippen LogP contribution in [0.4, 0.5) is 4.39 Å². The fourth-order valence-corrected chi connectivity index (χ4v) is 3.06. The van der Waals surface area contributed by atoms with Crippen LogP contribution in [0.2, 0.25) is 0 Å². The monoisotopic (exact) mass is 404 g/mol. The van der Waals surface area contributed by atoms with Crippen molar-refractivity contribution in [2.24, 2.45) is 5.14 Å². The van der Waals surface area contributed by atoms with Crippen LogP contribution in [0.3, 0.4) is 0 Å². The minimum atomic E-state index is -3.76. The van der Waals surface area contributed by atoms with E-state index in [4.69, 9.17) is 14.6 Å². The Bertz CT molecular complexity index is 1130. The number of aromatic nitrogens is 1. The molecule has 7 nitrogen and oxygen atoms in total. The van der Waals surface area contributed by atoms with Crippen LogP contribution in [-0.2, 0) is 14.8 Å². The summed E-state index contributed by atoms with van der Waals surface area (Å²) >= 11 is 0. The van der Waals surface area contributed by atoms with Crippen molar-refractivity contribution < 1.29 is 27.1 Å². The average molecular weight is 404 g/mol. The molecule has 3 aromatic rings. The lowest BCUT2D eigenvalue weighted by Gasteiger charge is -2.10. The van der Waals surface area contributed by atoms with Gasteiger partial charge in [0.25, 0.3) is 0 Å². The van der Waals surface area contributed by atoms with Crippen molar-refractivity contribution in [1.82, 2.24) is 4.98 Å². The number of nitrogens with zero attached hydrogens (tertiary/aromatic N) is 1. The van der Waals surface area contributed by atoms with Crippen molar-refractivity contribution in [2.75, 3.05) is 13.2 Å². The van der Waals surface area contributed by atoms with E-state index in [1.165, 1.54) is 36.4 Å². The van der Waals surface area contributed by atoms with Crippen LogP contribution in [0.25, 0.3) is 10.9 Å². The van der Waals surface area contributed by atoms with Gasteiger partial charge in [0.05, 0.1) is 21.7 Å². The molecule has 0 aliphatic rings. The third kappa shape index (κ3) is 4.62. The van der Waals surface area contributed by atoms with E-state index >= 15 is 0 Å². The van der Waals surface area contributed by atoms with Crippen LogP contribution in [-0.4, -0.2) is 32.6 Å². The number of primary sulfonamides is 1. The number of esters is 1. The highest BCUT2D eigenvalue weighted by Crippen LogP contribution is 2.19. The van der Waals surface area contributed by atoms with Crippen molar-refractivity contribution in [1.29, 1.82) is 0 Å². The Labute approximate surface area is 161 Å². The summed E-state index contributed by atoms with van der Waals surface area (Å²) in [5.74, 6) is -0.553. The molecule has 0 radical (unpaired) electrons. The Balaban J connectivity index is 1.58. The zero-order valence-electron chi connectivity index (χ0n) is 14.9. The van der Waals surface area contributed by atoms with Crippen LogP contribution < -0.4 is 9.88 Å². The molecule has 3 rings (SSSR count). The van der Waals surface area contributed by atoms with Gasteiger partial charge in [-0.15, -0.1) is 0 Å². The van der Waals surface area contributed by atoms with E-state index in [-0.39, 0.29) is 23.7 Å². The molecule has 0 saturated heterocycles. The molecule has 28 heavy (non-hydrogen) atoms. The van der Waals surface area contributed by atoms with Gasteiger partial charge in [-0.05, 0) is 49.4 Å². The number of rotatable bonds is 6. The van der Waals surface area contributed by atoms with E-state index in [9.17, 15) is 17.6 Å². The molecule has 0 unspecified atom stereocenters. The fraction of sp³-hybridized carbons (Fsp3) is 0.158. The summed E-state index contributed by atoms with van der Waals surface area (Å²) < 4.78 is 46.3.